The molecule has 0 aromatic heterocycles. The minimum Gasteiger partial charge on any atom is -0.481 e. The van der Waals surface area contributed by atoms with E-state index in [0.717, 1.165) is 44.9 Å². The number of halogens is 1. The number of ether oxygens (including phenoxy) is 4. The van der Waals surface area contributed by atoms with Crippen molar-refractivity contribution in [2.24, 2.45) is 0 Å². The number of carbonyl (C=O) groups is 8. The zero-order valence-corrected chi connectivity index (χ0v) is 39.8. The van der Waals surface area contributed by atoms with Crippen LogP contribution in [0.25, 0.3) is 0 Å². The van der Waals surface area contributed by atoms with Gasteiger partial charge >= 0.3 is 23.9 Å². The Bertz CT molecular complexity index is 1270. The maximum Gasteiger partial charge on any atom is 0.326 e. The Hall–Kier alpha value is -3.96. The van der Waals surface area contributed by atoms with Gasteiger partial charge < -0.3 is 55.5 Å². The molecule has 0 aliphatic heterocycles. The van der Waals surface area contributed by atoms with Crippen molar-refractivity contribution >= 4 is 60.4 Å². The van der Waals surface area contributed by atoms with Crippen molar-refractivity contribution in [3.05, 3.63) is 0 Å². The lowest BCUT2D eigenvalue weighted by molar-refractivity contribution is -0.142. The van der Waals surface area contributed by atoms with E-state index < -0.39 is 48.5 Å². The van der Waals surface area contributed by atoms with Gasteiger partial charge in [-0.15, -0.1) is 0 Å². The molecule has 0 aliphatic carbocycles. The van der Waals surface area contributed by atoms with Gasteiger partial charge in [-0.25, -0.2) is 4.79 Å². The highest BCUT2D eigenvalue weighted by molar-refractivity contribution is 7.78. The molecule has 0 radical (unpaired) electrons. The van der Waals surface area contributed by atoms with Crippen molar-refractivity contribution in [1.29, 1.82) is 0 Å². The van der Waals surface area contributed by atoms with E-state index >= 15 is 0 Å². The number of rotatable bonds is 43. The Kier molecular flexibility index (Phi) is 49.7. The zero-order chi connectivity index (χ0) is 49.4. The molecule has 0 aromatic carbocycles. The second-order valence-electron chi connectivity index (χ2n) is 14.4. The summed E-state index contributed by atoms with van der Waals surface area (Å²) in [5.41, 5.74) is 0. The third kappa shape index (κ3) is 50.9. The van der Waals surface area contributed by atoms with Crippen LogP contribution in [-0.4, -0.2) is 147 Å². The van der Waals surface area contributed by atoms with Gasteiger partial charge in [-0.05, 0) is 25.7 Å². The number of carbonyl (C=O) groups excluding carboxylic acids is 5. The summed E-state index contributed by atoms with van der Waals surface area (Å²) in [4.78, 5) is 89.8. The monoisotopic (exact) mass is 958 g/mol. The number of carboxylic acid groups (broad SMARTS) is 3. The van der Waals surface area contributed by atoms with E-state index in [1.165, 1.54) is 38.5 Å². The van der Waals surface area contributed by atoms with Crippen LogP contribution in [0.15, 0.2) is 0 Å². The quantitative estimate of drug-likeness (QED) is 0.0238. The number of hydrogen-bond donors (Lipinski definition) is 9. The molecule has 0 spiro atoms. The van der Waals surface area contributed by atoms with E-state index in [4.69, 9.17) is 29.2 Å². The average Bonchev–Trinajstić information content (AvgIpc) is 3.26. The normalized spacial score (nSPS) is 11.4. The standard InChI is InChI=1S/C37H66N4O14.C4H8FNOS.C2H6/c42-31(38-19-21-52-23-25-54-28-33(44)39-20-22-53-24-26-55-29-34(45)40-27-36(48)49)18-17-30(37(50)51)41-32(43)15-13-11-9-7-5-3-1-2-4-6-8-10-12-14-16-35(46)47;1-2-3(6-8)4(5)7;1-2/h30H,1-29H2,(H,38,42)(H,39,44)(H,40,45)(H,41,43)(H,46,47)(H,48,49)(H,50,51);3,6,8H,2H2,1H3;1-2H3/t30-;;/m0../s1. The Morgan fingerprint density at radius 1 is 0.508 bits per heavy atom. The van der Waals surface area contributed by atoms with Gasteiger partial charge in [0.05, 0.1) is 39.6 Å². The van der Waals surface area contributed by atoms with Crippen LogP contribution >= 0.6 is 12.8 Å². The molecule has 0 bridgehead atoms. The fourth-order valence-corrected chi connectivity index (χ4v) is 5.73. The van der Waals surface area contributed by atoms with Crippen LogP contribution < -0.4 is 26.0 Å². The number of unbranched alkanes of at least 4 members (excludes halogenated alkanes) is 13. The molecule has 0 aliphatic rings. The zero-order valence-electron chi connectivity index (χ0n) is 38.9. The van der Waals surface area contributed by atoms with E-state index in [1.807, 2.05) is 13.8 Å². The van der Waals surface area contributed by atoms with Gasteiger partial charge in [-0.3, -0.25) is 38.3 Å². The molecule has 20 nitrogen and oxygen atoms in total. The molecule has 1 unspecified atom stereocenters. The van der Waals surface area contributed by atoms with Crippen molar-refractivity contribution in [1.82, 2.24) is 26.0 Å². The van der Waals surface area contributed by atoms with E-state index in [-0.39, 0.29) is 109 Å². The highest BCUT2D eigenvalue weighted by atomic mass is 32.1. The smallest absolute Gasteiger partial charge is 0.326 e. The maximum absolute atomic E-state index is 12.3. The summed E-state index contributed by atoms with van der Waals surface area (Å²) in [7, 11) is 0. The van der Waals surface area contributed by atoms with Crippen LogP contribution in [-0.2, 0) is 57.3 Å². The molecule has 0 rings (SSSR count). The van der Waals surface area contributed by atoms with Crippen LogP contribution in [0.2, 0.25) is 0 Å². The molecule has 8 N–H and O–H groups in total. The molecule has 22 heteroatoms. The van der Waals surface area contributed by atoms with Gasteiger partial charge in [-0.2, -0.15) is 4.39 Å². The molecule has 65 heavy (non-hydrogen) atoms. The van der Waals surface area contributed by atoms with E-state index in [0.29, 0.717) is 12.8 Å². The highest BCUT2D eigenvalue weighted by Gasteiger charge is 2.21. The van der Waals surface area contributed by atoms with Gasteiger partial charge in [0.15, 0.2) is 0 Å². The van der Waals surface area contributed by atoms with Crippen molar-refractivity contribution in [3.63, 3.8) is 0 Å². The summed E-state index contributed by atoms with van der Waals surface area (Å²) < 4.78 is 34.7. The number of hydrogen-bond acceptors (Lipinski definition) is 14. The maximum atomic E-state index is 12.3. The third-order valence-electron chi connectivity index (χ3n) is 8.96. The van der Waals surface area contributed by atoms with Gasteiger partial charge in [0.1, 0.15) is 31.8 Å². The Labute approximate surface area is 389 Å². The number of aliphatic carboxylic acids is 3. The van der Waals surface area contributed by atoms with Gasteiger partial charge in [-0.1, -0.05) is 111 Å². The van der Waals surface area contributed by atoms with E-state index in [9.17, 15) is 47.9 Å². The Morgan fingerprint density at radius 3 is 1.31 bits per heavy atom. The van der Waals surface area contributed by atoms with Crippen LogP contribution in [0.1, 0.15) is 143 Å². The molecule has 0 saturated heterocycles. The second kappa shape index (κ2) is 49.5. The average molecular weight is 958 g/mol. The summed E-state index contributed by atoms with van der Waals surface area (Å²) in [5.74, 6) is -4.65. The lowest BCUT2D eigenvalue weighted by Crippen LogP contribution is -2.41. The molecule has 2 atom stereocenters. The van der Waals surface area contributed by atoms with E-state index in [2.05, 4.69) is 38.8 Å². The van der Waals surface area contributed by atoms with Gasteiger partial charge in [0.2, 0.25) is 23.6 Å². The summed E-state index contributed by atoms with van der Waals surface area (Å²) >= 11 is 3.52. The van der Waals surface area contributed by atoms with Gasteiger partial charge in [0.25, 0.3) is 0 Å². The van der Waals surface area contributed by atoms with Crippen molar-refractivity contribution in [2.75, 3.05) is 72.5 Å². The first kappa shape index (κ1) is 65.3. The second-order valence-corrected chi connectivity index (χ2v) is 14.7. The minimum atomic E-state index is -1.36. The van der Waals surface area contributed by atoms with Crippen molar-refractivity contribution < 1.29 is 77.0 Å². The lowest BCUT2D eigenvalue weighted by atomic mass is 10.0. The number of thiol groups is 1. The molecule has 0 heterocycles. The summed E-state index contributed by atoms with van der Waals surface area (Å²) in [6, 6.07) is -3.24. The molecule has 0 fully saturated rings. The van der Waals surface area contributed by atoms with E-state index in [1.54, 1.807) is 6.92 Å². The minimum absolute atomic E-state index is 0.0331. The predicted molar refractivity (Wildman–Crippen MR) is 244 cm³/mol. The Balaban J connectivity index is -0.00000343. The number of nitrogens with one attached hydrogen (secondary N) is 5. The summed E-state index contributed by atoms with van der Waals surface area (Å²) in [6.45, 7) is 6.25. The first-order valence-electron chi connectivity index (χ1n) is 22.9. The largest absolute Gasteiger partial charge is 0.481 e. The van der Waals surface area contributed by atoms with Crippen LogP contribution in [0, 0.1) is 0 Å². The lowest BCUT2D eigenvalue weighted by Gasteiger charge is -2.14. The fourth-order valence-electron chi connectivity index (χ4n) is 5.44. The molecule has 380 valence electrons. The molecular formula is C43H80FN5O15S. The summed E-state index contributed by atoms with van der Waals surface area (Å²) in [6.07, 6.45) is 15.9. The van der Waals surface area contributed by atoms with Crippen LogP contribution in [0.4, 0.5) is 4.39 Å². The first-order chi connectivity index (χ1) is 31.2. The van der Waals surface area contributed by atoms with Crippen molar-refractivity contribution in [3.8, 4) is 0 Å². The Morgan fingerprint density at radius 2 is 0.923 bits per heavy atom. The van der Waals surface area contributed by atoms with Crippen LogP contribution in [0.3, 0.4) is 0 Å². The summed E-state index contributed by atoms with van der Waals surface area (Å²) in [5, 5.41) is 36.5. The van der Waals surface area contributed by atoms with Crippen molar-refractivity contribution in [2.45, 2.75) is 155 Å². The highest BCUT2D eigenvalue weighted by Crippen LogP contribution is 2.14. The molecule has 0 saturated carbocycles. The third-order valence-corrected chi connectivity index (χ3v) is 9.27. The topological polar surface area (TPSA) is 294 Å². The molecule has 4 amide bonds. The van der Waals surface area contributed by atoms with Gasteiger partial charge in [0, 0.05) is 32.4 Å². The first-order valence-corrected chi connectivity index (χ1v) is 23.3. The SMILES string of the molecule is CC.CCC(NS)C(=O)F.O=C(O)CCCCCCCCCCCCCCCCC(=O)N[C@@H](CCC(=O)NCCOCCOCC(=O)NCCOCCOCC(=O)NCC(=O)O)C(=O)O. The van der Waals surface area contributed by atoms with Crippen LogP contribution in [0.5, 0.6) is 0 Å². The number of amides is 4. The fraction of sp³-hybridized carbons (Fsp3) is 0.814. The molecule has 0 aromatic rings. The number of carboxylic acids is 3. The predicted octanol–water partition coefficient (Wildman–Crippen LogP) is 3.88. The molecular weight excluding hydrogens is 878 g/mol.